The van der Waals surface area contributed by atoms with Gasteiger partial charge in [0.15, 0.2) is 11.9 Å². The number of hydrogen-bond acceptors (Lipinski definition) is 5. The van der Waals surface area contributed by atoms with Crippen LogP contribution in [0.3, 0.4) is 0 Å². The third-order valence-corrected chi connectivity index (χ3v) is 3.22. The van der Waals surface area contributed by atoms with E-state index < -0.39 is 23.8 Å². The van der Waals surface area contributed by atoms with E-state index in [-0.39, 0.29) is 11.5 Å². The summed E-state index contributed by atoms with van der Waals surface area (Å²) in [5, 5.41) is 3.76. The van der Waals surface area contributed by atoms with Crippen molar-refractivity contribution in [3.8, 4) is 0 Å². The van der Waals surface area contributed by atoms with Crippen LogP contribution in [0.1, 0.15) is 49.2 Å². The first kappa shape index (κ1) is 18.7. The highest BCUT2D eigenvalue weighted by molar-refractivity contribution is 5.87. The number of nitrogens with zero attached hydrogens (tertiary/aromatic N) is 2. The first-order valence-electron chi connectivity index (χ1n) is 7.68. The van der Waals surface area contributed by atoms with Gasteiger partial charge in [-0.1, -0.05) is 24.2 Å². The van der Waals surface area contributed by atoms with Crippen LogP contribution in [-0.2, 0) is 22.1 Å². The minimum atomic E-state index is -4.44. The van der Waals surface area contributed by atoms with E-state index in [0.29, 0.717) is 12.2 Å². The van der Waals surface area contributed by atoms with E-state index in [0.717, 1.165) is 24.6 Å². The van der Waals surface area contributed by atoms with Crippen LogP contribution in [-0.4, -0.2) is 16.1 Å². The topological polar surface area (TPSA) is 65.2 Å². The van der Waals surface area contributed by atoms with Crippen molar-refractivity contribution < 1.29 is 27.2 Å². The Morgan fingerprint density at radius 2 is 2.16 bits per heavy atom. The van der Waals surface area contributed by atoms with Crippen LogP contribution in [0.15, 0.2) is 34.9 Å². The smallest absolute Gasteiger partial charge is 0.416 e. The van der Waals surface area contributed by atoms with E-state index in [1.54, 1.807) is 6.92 Å². The van der Waals surface area contributed by atoms with Crippen LogP contribution >= 0.6 is 0 Å². The zero-order chi connectivity index (χ0) is 18.4. The predicted octanol–water partition coefficient (Wildman–Crippen LogP) is 4.36. The Morgan fingerprint density at radius 1 is 1.40 bits per heavy atom. The number of rotatable bonds is 6. The number of aromatic nitrogens is 2. The van der Waals surface area contributed by atoms with Crippen molar-refractivity contribution in [1.82, 2.24) is 10.1 Å². The number of ether oxygens (including phenoxy) is 1. The summed E-state index contributed by atoms with van der Waals surface area (Å²) in [6, 6.07) is 4.63. The molecule has 0 aliphatic carbocycles. The van der Waals surface area contributed by atoms with E-state index in [1.165, 1.54) is 18.2 Å². The van der Waals surface area contributed by atoms with Crippen molar-refractivity contribution in [2.45, 2.75) is 39.0 Å². The Labute approximate surface area is 142 Å². The fraction of sp³-hybridized carbons (Fsp3) is 0.353. The largest absolute Gasteiger partial charge is 0.449 e. The average Bonchev–Trinajstić information content (AvgIpc) is 3.02. The molecule has 0 saturated heterocycles. The lowest BCUT2D eigenvalue weighted by Crippen LogP contribution is -2.07. The fourth-order valence-electron chi connectivity index (χ4n) is 2.00. The summed E-state index contributed by atoms with van der Waals surface area (Å²) in [6.07, 6.45) is -1.38. The maximum absolute atomic E-state index is 12.6. The van der Waals surface area contributed by atoms with Gasteiger partial charge < -0.3 is 9.26 Å². The number of carbonyl (C=O) groups is 1. The van der Waals surface area contributed by atoms with Gasteiger partial charge in [-0.3, -0.25) is 0 Å². The molecule has 0 fully saturated rings. The van der Waals surface area contributed by atoms with E-state index in [1.807, 2.05) is 6.92 Å². The zero-order valence-corrected chi connectivity index (χ0v) is 13.7. The van der Waals surface area contributed by atoms with E-state index >= 15 is 0 Å². The molecule has 2 rings (SSSR count). The summed E-state index contributed by atoms with van der Waals surface area (Å²) in [5.41, 5.74) is -0.548. The van der Waals surface area contributed by atoms with Gasteiger partial charge in [-0.2, -0.15) is 18.2 Å². The molecular weight excluding hydrogens is 337 g/mol. The zero-order valence-electron chi connectivity index (χ0n) is 13.7. The molecule has 0 saturated carbocycles. The maximum atomic E-state index is 12.6. The van der Waals surface area contributed by atoms with Gasteiger partial charge in [-0.25, -0.2) is 4.79 Å². The minimum Gasteiger partial charge on any atom is -0.449 e. The third kappa shape index (κ3) is 5.44. The van der Waals surface area contributed by atoms with Gasteiger partial charge in [0, 0.05) is 12.5 Å². The molecule has 5 nitrogen and oxygen atoms in total. The van der Waals surface area contributed by atoms with Crippen molar-refractivity contribution in [3.63, 3.8) is 0 Å². The summed E-state index contributed by atoms with van der Waals surface area (Å²) < 4.78 is 48.0. The first-order chi connectivity index (χ1) is 11.8. The van der Waals surface area contributed by atoms with Crippen LogP contribution in [0.25, 0.3) is 6.08 Å². The highest BCUT2D eigenvalue weighted by Crippen LogP contribution is 2.29. The summed E-state index contributed by atoms with van der Waals surface area (Å²) >= 11 is 0. The fourth-order valence-corrected chi connectivity index (χ4v) is 2.00. The lowest BCUT2D eigenvalue weighted by molar-refractivity contribution is -0.143. The van der Waals surface area contributed by atoms with Crippen molar-refractivity contribution in [1.29, 1.82) is 0 Å². The van der Waals surface area contributed by atoms with E-state index in [2.05, 4.69) is 10.1 Å². The molecule has 1 aromatic carbocycles. The molecule has 1 heterocycles. The quantitative estimate of drug-likeness (QED) is 0.570. The van der Waals surface area contributed by atoms with Crippen LogP contribution in [0, 0.1) is 0 Å². The van der Waals surface area contributed by atoms with Gasteiger partial charge >= 0.3 is 12.1 Å². The Hall–Kier alpha value is -2.64. The van der Waals surface area contributed by atoms with Crippen molar-refractivity contribution in [3.05, 3.63) is 53.2 Å². The first-order valence-corrected chi connectivity index (χ1v) is 7.68. The molecule has 1 unspecified atom stereocenters. The Kier molecular flexibility index (Phi) is 5.95. The lowest BCUT2D eigenvalue weighted by Gasteiger charge is -2.07. The van der Waals surface area contributed by atoms with Gasteiger partial charge in [0.2, 0.25) is 0 Å². The molecule has 8 heteroatoms. The highest BCUT2D eigenvalue weighted by Gasteiger charge is 2.30. The molecule has 0 spiro atoms. The number of alkyl halides is 3. The normalized spacial score (nSPS) is 13.2. The number of aryl methyl sites for hydroxylation is 1. The maximum Gasteiger partial charge on any atom is 0.416 e. The van der Waals surface area contributed by atoms with E-state index in [4.69, 9.17) is 9.26 Å². The second-order valence-corrected chi connectivity index (χ2v) is 5.33. The Bertz CT molecular complexity index is 754. The predicted molar refractivity (Wildman–Crippen MR) is 83.3 cm³/mol. The van der Waals surface area contributed by atoms with Crippen molar-refractivity contribution >= 4 is 12.0 Å². The molecule has 25 heavy (non-hydrogen) atoms. The van der Waals surface area contributed by atoms with Crippen molar-refractivity contribution in [2.24, 2.45) is 0 Å². The SMILES string of the molecule is CCCc1noc(C(C)OC(=O)/C=C/c2cccc(C(F)(F)F)c2)n1. The molecule has 0 bridgehead atoms. The molecule has 0 radical (unpaired) electrons. The Morgan fingerprint density at radius 3 is 2.84 bits per heavy atom. The van der Waals surface area contributed by atoms with Gasteiger partial charge in [0.05, 0.1) is 5.56 Å². The average molecular weight is 354 g/mol. The van der Waals surface area contributed by atoms with Crippen molar-refractivity contribution in [2.75, 3.05) is 0 Å². The van der Waals surface area contributed by atoms with Crippen LogP contribution < -0.4 is 0 Å². The van der Waals surface area contributed by atoms with Crippen LogP contribution in [0.4, 0.5) is 13.2 Å². The third-order valence-electron chi connectivity index (χ3n) is 3.22. The Balaban J connectivity index is 1.98. The molecule has 0 aliphatic heterocycles. The second kappa shape index (κ2) is 7.96. The van der Waals surface area contributed by atoms with Gasteiger partial charge in [-0.15, -0.1) is 0 Å². The van der Waals surface area contributed by atoms with Crippen LogP contribution in [0.5, 0.6) is 0 Å². The van der Waals surface area contributed by atoms with E-state index in [9.17, 15) is 18.0 Å². The number of hydrogen-bond donors (Lipinski definition) is 0. The standard InChI is InChI=1S/C17H17F3N2O3/c1-3-5-14-21-16(25-22-14)11(2)24-15(23)9-8-12-6-4-7-13(10-12)17(18,19)20/h4,6-11H,3,5H2,1-2H3/b9-8+. The number of carbonyl (C=O) groups excluding carboxylic acids is 1. The monoisotopic (exact) mass is 354 g/mol. The summed E-state index contributed by atoms with van der Waals surface area (Å²) in [4.78, 5) is 15.9. The number of esters is 1. The lowest BCUT2D eigenvalue weighted by atomic mass is 10.1. The summed E-state index contributed by atoms with van der Waals surface area (Å²) in [6.45, 7) is 3.54. The highest BCUT2D eigenvalue weighted by atomic mass is 19.4. The second-order valence-electron chi connectivity index (χ2n) is 5.33. The molecule has 2 aromatic rings. The molecule has 0 amide bonds. The summed E-state index contributed by atoms with van der Waals surface area (Å²) in [7, 11) is 0. The molecule has 0 N–H and O–H groups in total. The molecule has 1 atom stereocenters. The molecular formula is C17H17F3N2O3. The van der Waals surface area contributed by atoms with Gasteiger partial charge in [-0.05, 0) is 37.1 Å². The molecule has 0 aliphatic rings. The summed E-state index contributed by atoms with van der Waals surface area (Å²) in [5.74, 6) is -0.0238. The van der Waals surface area contributed by atoms with Gasteiger partial charge in [0.25, 0.3) is 5.89 Å². The van der Waals surface area contributed by atoms with Crippen LogP contribution in [0.2, 0.25) is 0 Å². The molecule has 134 valence electrons. The molecule has 1 aromatic heterocycles. The number of benzene rings is 1. The number of halogens is 3. The van der Waals surface area contributed by atoms with Gasteiger partial charge in [0.1, 0.15) is 0 Å². The minimum absolute atomic E-state index is 0.171.